The number of nitrogens with zero attached hydrogens (tertiary/aromatic N) is 7. The molecule has 8 nitrogen and oxygen atoms in total. The highest BCUT2D eigenvalue weighted by atomic mass is 16.2. The lowest BCUT2D eigenvalue weighted by Crippen LogP contribution is -2.46. The van der Waals surface area contributed by atoms with Gasteiger partial charge in [0.15, 0.2) is 5.65 Å². The number of imidazole rings is 1. The Labute approximate surface area is 152 Å². The minimum Gasteiger partial charge on any atom is -0.342 e. The molecule has 1 saturated heterocycles. The first-order valence-electron chi connectivity index (χ1n) is 8.83. The molecule has 0 bridgehead atoms. The van der Waals surface area contributed by atoms with Crippen LogP contribution >= 0.6 is 0 Å². The van der Waals surface area contributed by atoms with Crippen molar-refractivity contribution in [3.05, 3.63) is 36.3 Å². The molecule has 3 aromatic rings. The van der Waals surface area contributed by atoms with Crippen LogP contribution in [-0.2, 0) is 14.1 Å². The van der Waals surface area contributed by atoms with Gasteiger partial charge in [0, 0.05) is 52.7 Å². The van der Waals surface area contributed by atoms with E-state index in [-0.39, 0.29) is 11.9 Å². The van der Waals surface area contributed by atoms with E-state index in [1.807, 2.05) is 42.7 Å². The number of pyridine rings is 1. The molecule has 0 N–H and O–H groups in total. The van der Waals surface area contributed by atoms with E-state index in [2.05, 4.69) is 15.0 Å². The second-order valence-corrected chi connectivity index (χ2v) is 6.85. The molecular weight excluding hydrogens is 330 g/mol. The molecule has 0 atom stereocenters. The quantitative estimate of drug-likeness (QED) is 0.712. The largest absolute Gasteiger partial charge is 0.342 e. The molecule has 0 aromatic carbocycles. The Morgan fingerprint density at radius 3 is 2.69 bits per heavy atom. The number of amides is 1. The van der Waals surface area contributed by atoms with Crippen LogP contribution in [0.1, 0.15) is 23.2 Å². The lowest BCUT2D eigenvalue weighted by Gasteiger charge is -2.37. The molecule has 136 valence electrons. The van der Waals surface area contributed by atoms with Crippen molar-refractivity contribution in [2.24, 2.45) is 14.1 Å². The fraction of sp³-hybridized carbons (Fsp3) is 0.444. The zero-order chi connectivity index (χ0) is 18.3. The Bertz CT molecular complexity index is 936. The monoisotopic (exact) mass is 353 g/mol. The molecule has 4 heterocycles. The van der Waals surface area contributed by atoms with Crippen molar-refractivity contribution >= 4 is 23.0 Å². The van der Waals surface area contributed by atoms with Crippen LogP contribution in [-0.4, -0.2) is 61.3 Å². The van der Waals surface area contributed by atoms with Crippen LogP contribution in [0.5, 0.6) is 0 Å². The van der Waals surface area contributed by atoms with Gasteiger partial charge in [-0.05, 0) is 25.0 Å². The zero-order valence-corrected chi connectivity index (χ0v) is 15.3. The standard InChI is InChI=1S/C18H23N7O/c1-22-12-13(11-20-22)17(26)23(2)14-6-9-25(10-7-14)18-21-15-5-4-8-19-16(15)24(18)3/h4-5,8,11-12,14H,6-7,9-10H2,1-3H3. The van der Waals surface area contributed by atoms with E-state index in [9.17, 15) is 4.79 Å². The van der Waals surface area contributed by atoms with Gasteiger partial charge in [0.25, 0.3) is 5.91 Å². The zero-order valence-electron chi connectivity index (χ0n) is 15.3. The predicted molar refractivity (Wildman–Crippen MR) is 99.0 cm³/mol. The molecule has 0 spiro atoms. The number of hydrogen-bond donors (Lipinski definition) is 0. The number of carbonyl (C=O) groups excluding carboxylic acids is 1. The third kappa shape index (κ3) is 2.81. The molecule has 1 fully saturated rings. The lowest BCUT2D eigenvalue weighted by molar-refractivity contribution is 0.0709. The minimum absolute atomic E-state index is 0.0310. The first-order chi connectivity index (χ1) is 12.5. The van der Waals surface area contributed by atoms with E-state index < -0.39 is 0 Å². The van der Waals surface area contributed by atoms with Crippen LogP contribution in [0.15, 0.2) is 30.7 Å². The van der Waals surface area contributed by atoms with Crippen molar-refractivity contribution in [3.8, 4) is 0 Å². The summed E-state index contributed by atoms with van der Waals surface area (Å²) in [5.74, 6) is 0.974. The number of hydrogen-bond acceptors (Lipinski definition) is 5. The van der Waals surface area contributed by atoms with Gasteiger partial charge in [-0.25, -0.2) is 9.97 Å². The van der Waals surface area contributed by atoms with Gasteiger partial charge in [0.2, 0.25) is 5.95 Å². The maximum Gasteiger partial charge on any atom is 0.257 e. The predicted octanol–water partition coefficient (Wildman–Crippen LogP) is 1.44. The summed E-state index contributed by atoms with van der Waals surface area (Å²) in [5.41, 5.74) is 2.45. The molecule has 0 unspecified atom stereocenters. The number of anilines is 1. The first kappa shape index (κ1) is 16.6. The van der Waals surface area contributed by atoms with Crippen molar-refractivity contribution in [2.75, 3.05) is 25.0 Å². The average Bonchev–Trinajstić information content (AvgIpc) is 3.25. The molecule has 3 aromatic heterocycles. The van der Waals surface area contributed by atoms with Crippen LogP contribution in [0, 0.1) is 0 Å². The summed E-state index contributed by atoms with van der Waals surface area (Å²) in [6.07, 6.45) is 7.01. The molecule has 1 aliphatic rings. The molecule has 4 rings (SSSR count). The van der Waals surface area contributed by atoms with Crippen LogP contribution in [0.4, 0.5) is 5.95 Å². The molecule has 26 heavy (non-hydrogen) atoms. The van der Waals surface area contributed by atoms with Crippen molar-refractivity contribution in [2.45, 2.75) is 18.9 Å². The summed E-state index contributed by atoms with van der Waals surface area (Å²) in [7, 11) is 5.71. The summed E-state index contributed by atoms with van der Waals surface area (Å²) >= 11 is 0. The van der Waals surface area contributed by atoms with Crippen molar-refractivity contribution in [3.63, 3.8) is 0 Å². The highest BCUT2D eigenvalue weighted by molar-refractivity contribution is 5.93. The van der Waals surface area contributed by atoms with Crippen LogP contribution in [0.2, 0.25) is 0 Å². The Morgan fingerprint density at radius 2 is 2.04 bits per heavy atom. The number of aromatic nitrogens is 5. The Balaban J connectivity index is 1.45. The third-order valence-electron chi connectivity index (χ3n) is 5.17. The summed E-state index contributed by atoms with van der Waals surface area (Å²) in [4.78, 5) is 25.9. The van der Waals surface area contributed by atoms with Gasteiger partial charge in [-0.15, -0.1) is 0 Å². The number of carbonyl (C=O) groups is 1. The number of rotatable bonds is 3. The first-order valence-corrected chi connectivity index (χ1v) is 8.83. The van der Waals surface area contributed by atoms with Gasteiger partial charge in [-0.1, -0.05) is 0 Å². The van der Waals surface area contributed by atoms with Gasteiger partial charge in [0.1, 0.15) is 5.52 Å². The highest BCUT2D eigenvalue weighted by Crippen LogP contribution is 2.24. The second-order valence-electron chi connectivity index (χ2n) is 6.85. The van der Waals surface area contributed by atoms with Gasteiger partial charge >= 0.3 is 0 Å². The summed E-state index contributed by atoms with van der Waals surface area (Å²) < 4.78 is 3.70. The summed E-state index contributed by atoms with van der Waals surface area (Å²) in [6.45, 7) is 1.74. The minimum atomic E-state index is 0.0310. The van der Waals surface area contributed by atoms with E-state index in [4.69, 9.17) is 4.98 Å². The molecular formula is C18H23N7O. The van der Waals surface area contributed by atoms with Crippen LogP contribution < -0.4 is 4.90 Å². The smallest absolute Gasteiger partial charge is 0.257 e. The fourth-order valence-corrected chi connectivity index (χ4v) is 3.65. The summed E-state index contributed by atoms with van der Waals surface area (Å²) in [5, 5.41) is 4.09. The molecule has 8 heteroatoms. The third-order valence-corrected chi connectivity index (χ3v) is 5.17. The fourth-order valence-electron chi connectivity index (χ4n) is 3.65. The maximum absolute atomic E-state index is 12.6. The molecule has 0 saturated carbocycles. The van der Waals surface area contributed by atoms with Crippen molar-refractivity contribution in [1.82, 2.24) is 29.2 Å². The highest BCUT2D eigenvalue weighted by Gasteiger charge is 2.28. The topological polar surface area (TPSA) is 72.1 Å². The Morgan fingerprint density at radius 1 is 1.27 bits per heavy atom. The van der Waals surface area contributed by atoms with E-state index >= 15 is 0 Å². The van der Waals surface area contributed by atoms with Gasteiger partial charge in [-0.2, -0.15) is 5.10 Å². The maximum atomic E-state index is 12.6. The van der Waals surface area contributed by atoms with Crippen molar-refractivity contribution in [1.29, 1.82) is 0 Å². The Hall–Kier alpha value is -2.90. The van der Waals surface area contributed by atoms with Crippen LogP contribution in [0.3, 0.4) is 0 Å². The number of piperidine rings is 1. The molecule has 0 aliphatic carbocycles. The van der Waals surface area contributed by atoms with Gasteiger partial charge in [0.05, 0.1) is 11.8 Å². The molecule has 1 amide bonds. The molecule has 0 radical (unpaired) electrons. The van der Waals surface area contributed by atoms with Crippen LogP contribution in [0.25, 0.3) is 11.2 Å². The van der Waals surface area contributed by atoms with Crippen molar-refractivity contribution < 1.29 is 4.79 Å². The van der Waals surface area contributed by atoms with Gasteiger partial charge in [-0.3, -0.25) is 14.0 Å². The van der Waals surface area contributed by atoms with E-state index in [1.54, 1.807) is 23.3 Å². The lowest BCUT2D eigenvalue weighted by atomic mass is 10.0. The SMILES string of the molecule is CN(C(=O)c1cnn(C)c1)C1CCN(c2nc3cccnc3n2C)CC1. The normalized spacial score (nSPS) is 15.6. The van der Waals surface area contributed by atoms with E-state index in [1.165, 1.54) is 0 Å². The number of aryl methyl sites for hydroxylation is 2. The molecule has 1 aliphatic heterocycles. The van der Waals surface area contributed by atoms with E-state index in [0.29, 0.717) is 5.56 Å². The summed E-state index contributed by atoms with van der Waals surface area (Å²) in [6, 6.07) is 4.12. The Kier molecular flexibility index (Phi) is 4.10. The average molecular weight is 353 g/mol. The number of fused-ring (bicyclic) bond motifs is 1. The van der Waals surface area contributed by atoms with Gasteiger partial charge < -0.3 is 9.80 Å². The van der Waals surface area contributed by atoms with E-state index in [0.717, 1.165) is 43.0 Å². The second kappa shape index (κ2) is 6.44.